The molecule has 0 N–H and O–H groups in total. The van der Waals surface area contributed by atoms with Gasteiger partial charge in [-0.3, -0.25) is 9.69 Å². The van der Waals surface area contributed by atoms with E-state index in [1.54, 1.807) is 7.11 Å². The molecular weight excluding hydrogens is 304 g/mol. The van der Waals surface area contributed by atoms with Gasteiger partial charge in [0.05, 0.1) is 20.2 Å². The van der Waals surface area contributed by atoms with E-state index < -0.39 is 0 Å². The molecule has 5 heteroatoms. The highest BCUT2D eigenvalue weighted by atomic mass is 16.5. The molecule has 2 aromatic rings. The number of nitrogens with zero attached hydrogens (tertiary/aromatic N) is 2. The van der Waals surface area contributed by atoms with Gasteiger partial charge in [-0.1, -0.05) is 12.1 Å². The fourth-order valence-corrected chi connectivity index (χ4v) is 3.00. The topological polar surface area (TPSA) is 45.9 Å². The van der Waals surface area contributed by atoms with Gasteiger partial charge in [-0.2, -0.15) is 0 Å². The number of aryl methyl sites for hydroxylation is 2. The van der Waals surface area contributed by atoms with Crippen molar-refractivity contribution in [3.05, 3.63) is 53.0 Å². The quantitative estimate of drug-likeness (QED) is 0.847. The third-order valence-electron chi connectivity index (χ3n) is 4.50. The number of methoxy groups -OCH3 is 1. The monoisotopic (exact) mass is 328 g/mol. The van der Waals surface area contributed by atoms with Crippen molar-refractivity contribution in [1.29, 1.82) is 0 Å². The number of carbonyl (C=O) groups is 1. The molecule has 128 valence electrons. The summed E-state index contributed by atoms with van der Waals surface area (Å²) in [7, 11) is 1.65. The molecule has 1 aromatic heterocycles. The minimum Gasteiger partial charge on any atom is -0.497 e. The van der Waals surface area contributed by atoms with E-state index in [1.165, 1.54) is 0 Å². The Morgan fingerprint density at radius 2 is 2.00 bits per heavy atom. The van der Waals surface area contributed by atoms with Gasteiger partial charge in [0.15, 0.2) is 0 Å². The second kappa shape index (κ2) is 7.09. The lowest BCUT2D eigenvalue weighted by atomic mass is 10.2. The maximum atomic E-state index is 12.4. The maximum Gasteiger partial charge on any atom is 0.237 e. The van der Waals surface area contributed by atoms with Crippen molar-refractivity contribution in [2.75, 3.05) is 26.7 Å². The summed E-state index contributed by atoms with van der Waals surface area (Å²) in [5, 5.41) is 0. The SMILES string of the molecule is COc1cccc(CN2CCN(Cc3cc(C)c(C)o3)CC2=O)c1. The van der Waals surface area contributed by atoms with Gasteiger partial charge in [-0.05, 0) is 43.2 Å². The number of benzene rings is 1. The van der Waals surface area contributed by atoms with Crippen molar-refractivity contribution in [2.24, 2.45) is 0 Å². The van der Waals surface area contributed by atoms with E-state index in [0.29, 0.717) is 19.6 Å². The minimum atomic E-state index is 0.157. The van der Waals surface area contributed by atoms with Crippen LogP contribution in [0.15, 0.2) is 34.7 Å². The lowest BCUT2D eigenvalue weighted by Gasteiger charge is -2.34. The highest BCUT2D eigenvalue weighted by Gasteiger charge is 2.24. The Hall–Kier alpha value is -2.27. The zero-order valence-electron chi connectivity index (χ0n) is 14.5. The Bertz CT molecular complexity index is 704. The largest absolute Gasteiger partial charge is 0.497 e. The molecule has 0 bridgehead atoms. The van der Waals surface area contributed by atoms with E-state index in [0.717, 1.165) is 41.5 Å². The van der Waals surface area contributed by atoms with Gasteiger partial charge in [-0.25, -0.2) is 0 Å². The number of furan rings is 1. The molecule has 1 aromatic carbocycles. The lowest BCUT2D eigenvalue weighted by molar-refractivity contribution is -0.137. The summed E-state index contributed by atoms with van der Waals surface area (Å²) < 4.78 is 11.0. The molecule has 1 fully saturated rings. The molecule has 0 unspecified atom stereocenters. The Balaban J connectivity index is 1.57. The van der Waals surface area contributed by atoms with E-state index in [9.17, 15) is 4.79 Å². The first kappa shape index (κ1) is 16.6. The summed E-state index contributed by atoms with van der Waals surface area (Å²) in [6, 6.07) is 9.93. The van der Waals surface area contributed by atoms with Gasteiger partial charge in [-0.15, -0.1) is 0 Å². The normalized spacial score (nSPS) is 15.8. The van der Waals surface area contributed by atoms with Crippen LogP contribution in [0.1, 0.15) is 22.6 Å². The molecule has 1 amide bonds. The van der Waals surface area contributed by atoms with Crippen LogP contribution in [0, 0.1) is 13.8 Å². The van der Waals surface area contributed by atoms with Gasteiger partial charge in [0, 0.05) is 19.6 Å². The van der Waals surface area contributed by atoms with Crippen molar-refractivity contribution >= 4 is 5.91 Å². The smallest absolute Gasteiger partial charge is 0.237 e. The number of hydrogen-bond acceptors (Lipinski definition) is 4. The third-order valence-corrected chi connectivity index (χ3v) is 4.50. The van der Waals surface area contributed by atoms with Crippen molar-refractivity contribution in [1.82, 2.24) is 9.80 Å². The predicted octanol–water partition coefficient (Wildman–Crippen LogP) is 2.75. The van der Waals surface area contributed by atoms with Gasteiger partial charge in [0.25, 0.3) is 0 Å². The number of amides is 1. The molecule has 24 heavy (non-hydrogen) atoms. The van der Waals surface area contributed by atoms with Crippen LogP contribution < -0.4 is 4.74 Å². The standard InChI is InChI=1S/C19H24N2O3/c1-14-9-18(24-15(14)2)12-20-7-8-21(19(22)13-20)11-16-5-4-6-17(10-16)23-3/h4-6,9-10H,7-8,11-13H2,1-3H3. The van der Waals surface area contributed by atoms with Gasteiger partial charge in [0.1, 0.15) is 17.3 Å². The van der Waals surface area contributed by atoms with Gasteiger partial charge in [0.2, 0.25) is 5.91 Å². The second-order valence-electron chi connectivity index (χ2n) is 6.33. The summed E-state index contributed by atoms with van der Waals surface area (Å²) in [5.74, 6) is 2.86. The molecule has 1 aliphatic rings. The Morgan fingerprint density at radius 3 is 2.67 bits per heavy atom. The summed E-state index contributed by atoms with van der Waals surface area (Å²) in [4.78, 5) is 16.5. The Labute approximate surface area is 142 Å². The zero-order chi connectivity index (χ0) is 17.1. The van der Waals surface area contributed by atoms with Crippen molar-refractivity contribution in [2.45, 2.75) is 26.9 Å². The first-order chi connectivity index (χ1) is 11.5. The number of piperazine rings is 1. The highest BCUT2D eigenvalue weighted by molar-refractivity contribution is 5.79. The lowest BCUT2D eigenvalue weighted by Crippen LogP contribution is -2.49. The fourth-order valence-electron chi connectivity index (χ4n) is 3.00. The van der Waals surface area contributed by atoms with E-state index in [4.69, 9.17) is 9.15 Å². The molecule has 0 atom stereocenters. The number of hydrogen-bond donors (Lipinski definition) is 0. The predicted molar refractivity (Wildman–Crippen MR) is 91.9 cm³/mol. The van der Waals surface area contributed by atoms with Crippen LogP contribution in [0.2, 0.25) is 0 Å². The number of rotatable bonds is 5. The van der Waals surface area contributed by atoms with Crippen LogP contribution in [-0.4, -0.2) is 42.5 Å². The zero-order valence-corrected chi connectivity index (χ0v) is 14.5. The molecule has 0 radical (unpaired) electrons. The van der Waals surface area contributed by atoms with Crippen LogP contribution in [0.5, 0.6) is 5.75 Å². The van der Waals surface area contributed by atoms with E-state index in [-0.39, 0.29) is 5.91 Å². The average Bonchev–Trinajstić information content (AvgIpc) is 2.88. The highest BCUT2D eigenvalue weighted by Crippen LogP contribution is 2.18. The van der Waals surface area contributed by atoms with Crippen LogP contribution in [0.25, 0.3) is 0 Å². The maximum absolute atomic E-state index is 12.4. The molecule has 0 saturated carbocycles. The summed E-state index contributed by atoms with van der Waals surface area (Å²) in [6.45, 7) is 7.35. The van der Waals surface area contributed by atoms with Crippen LogP contribution in [0.4, 0.5) is 0 Å². The second-order valence-corrected chi connectivity index (χ2v) is 6.33. The van der Waals surface area contributed by atoms with Crippen molar-refractivity contribution < 1.29 is 13.9 Å². The molecule has 3 rings (SSSR count). The first-order valence-corrected chi connectivity index (χ1v) is 8.24. The first-order valence-electron chi connectivity index (χ1n) is 8.24. The van der Waals surface area contributed by atoms with Crippen molar-refractivity contribution in [3.63, 3.8) is 0 Å². The molecule has 2 heterocycles. The van der Waals surface area contributed by atoms with Crippen molar-refractivity contribution in [3.8, 4) is 5.75 Å². The summed E-state index contributed by atoms with van der Waals surface area (Å²) in [6.07, 6.45) is 0. The van der Waals surface area contributed by atoms with E-state index in [2.05, 4.69) is 11.0 Å². The average molecular weight is 328 g/mol. The Morgan fingerprint density at radius 1 is 1.17 bits per heavy atom. The summed E-state index contributed by atoms with van der Waals surface area (Å²) in [5.41, 5.74) is 2.25. The Kier molecular flexibility index (Phi) is 4.90. The minimum absolute atomic E-state index is 0.157. The molecule has 0 spiro atoms. The van der Waals surface area contributed by atoms with Gasteiger partial charge >= 0.3 is 0 Å². The molecule has 5 nitrogen and oxygen atoms in total. The number of carbonyl (C=O) groups excluding carboxylic acids is 1. The molecule has 1 aliphatic heterocycles. The van der Waals surface area contributed by atoms with Gasteiger partial charge < -0.3 is 14.1 Å². The van der Waals surface area contributed by atoms with E-state index in [1.807, 2.05) is 43.0 Å². The molecule has 1 saturated heterocycles. The van der Waals surface area contributed by atoms with Crippen LogP contribution in [-0.2, 0) is 17.9 Å². The fraction of sp³-hybridized carbons (Fsp3) is 0.421. The third kappa shape index (κ3) is 3.79. The molecule has 0 aliphatic carbocycles. The summed E-state index contributed by atoms with van der Waals surface area (Å²) >= 11 is 0. The van der Waals surface area contributed by atoms with E-state index >= 15 is 0 Å². The number of ether oxygens (including phenoxy) is 1. The molecular formula is C19H24N2O3. The van der Waals surface area contributed by atoms with Crippen LogP contribution in [0.3, 0.4) is 0 Å². The van der Waals surface area contributed by atoms with Crippen LogP contribution >= 0.6 is 0 Å².